The van der Waals surface area contributed by atoms with Crippen molar-refractivity contribution in [1.29, 1.82) is 0 Å². The van der Waals surface area contributed by atoms with E-state index in [0.717, 1.165) is 4.57 Å². The molecule has 1 fully saturated rings. The number of hydrogen-bond acceptors (Lipinski definition) is 3. The van der Waals surface area contributed by atoms with Crippen LogP contribution in [0.1, 0.15) is 24.4 Å². The number of pyridine rings is 1. The van der Waals surface area contributed by atoms with Gasteiger partial charge in [0, 0.05) is 18.3 Å². The molecule has 0 N–H and O–H groups in total. The molecule has 0 amide bonds. The Labute approximate surface area is 92.6 Å². The fraction of sp³-hybridized carbons (Fsp3) is 0.444. The molecule has 0 radical (unpaired) electrons. The summed E-state index contributed by atoms with van der Waals surface area (Å²) in [6.07, 6.45) is -2.92. The maximum atomic E-state index is 12.5. The van der Waals surface area contributed by atoms with Crippen LogP contribution in [0, 0.1) is 10.1 Å². The van der Waals surface area contributed by atoms with Gasteiger partial charge in [-0.1, -0.05) is 0 Å². The highest BCUT2D eigenvalue weighted by atomic mass is 19.4. The molecule has 2 rings (SSSR count). The molecule has 1 aliphatic carbocycles. The molecule has 0 saturated heterocycles. The largest absolute Gasteiger partial charge is 0.418 e. The van der Waals surface area contributed by atoms with Crippen LogP contribution >= 0.6 is 0 Å². The Morgan fingerprint density at radius 3 is 2.41 bits per heavy atom. The lowest BCUT2D eigenvalue weighted by atomic mass is 10.2. The number of nitrogens with zero attached hydrogens (tertiary/aromatic N) is 2. The van der Waals surface area contributed by atoms with E-state index in [9.17, 15) is 28.1 Å². The van der Waals surface area contributed by atoms with Crippen molar-refractivity contribution >= 4 is 5.69 Å². The monoisotopic (exact) mass is 248 g/mol. The van der Waals surface area contributed by atoms with Gasteiger partial charge in [0.25, 0.3) is 0 Å². The van der Waals surface area contributed by atoms with E-state index < -0.39 is 27.9 Å². The van der Waals surface area contributed by atoms with Gasteiger partial charge in [0.05, 0.1) is 10.5 Å². The molecule has 1 aromatic heterocycles. The van der Waals surface area contributed by atoms with Crippen molar-refractivity contribution in [2.45, 2.75) is 25.1 Å². The van der Waals surface area contributed by atoms with Gasteiger partial charge in [-0.25, -0.2) is 0 Å². The van der Waals surface area contributed by atoms with E-state index >= 15 is 0 Å². The molecule has 0 bridgehead atoms. The smallest absolute Gasteiger partial charge is 0.306 e. The molecule has 0 spiro atoms. The van der Waals surface area contributed by atoms with Gasteiger partial charge in [-0.3, -0.25) is 14.9 Å². The highest BCUT2D eigenvalue weighted by Crippen LogP contribution is 2.36. The minimum absolute atomic E-state index is 0.279. The van der Waals surface area contributed by atoms with Gasteiger partial charge in [-0.15, -0.1) is 0 Å². The fourth-order valence-electron chi connectivity index (χ4n) is 1.50. The summed E-state index contributed by atoms with van der Waals surface area (Å²) in [7, 11) is 0. The minimum atomic E-state index is -4.70. The zero-order valence-corrected chi connectivity index (χ0v) is 8.40. The van der Waals surface area contributed by atoms with Crippen LogP contribution < -0.4 is 5.56 Å². The van der Waals surface area contributed by atoms with Gasteiger partial charge < -0.3 is 4.57 Å². The Bertz CT molecular complexity index is 531. The van der Waals surface area contributed by atoms with Crippen LogP contribution in [-0.2, 0) is 6.18 Å². The SMILES string of the molecule is O=c1c([N+](=O)[O-])cc(C(F)(F)F)cn1C1CC1. The van der Waals surface area contributed by atoms with Gasteiger partial charge in [0.15, 0.2) is 0 Å². The Balaban J connectivity index is 2.64. The molecular formula is C9H7F3N2O3. The molecule has 1 heterocycles. The summed E-state index contributed by atoms with van der Waals surface area (Å²) in [6.45, 7) is 0. The number of halogens is 3. The molecule has 8 heteroatoms. The van der Waals surface area contributed by atoms with Crippen molar-refractivity contribution in [2.24, 2.45) is 0 Å². The lowest BCUT2D eigenvalue weighted by Crippen LogP contribution is -2.24. The third-order valence-electron chi connectivity index (χ3n) is 2.49. The summed E-state index contributed by atoms with van der Waals surface area (Å²) >= 11 is 0. The van der Waals surface area contributed by atoms with Crippen molar-refractivity contribution in [3.63, 3.8) is 0 Å². The maximum absolute atomic E-state index is 12.5. The second-order valence-electron chi connectivity index (χ2n) is 3.81. The molecule has 5 nitrogen and oxygen atoms in total. The molecule has 17 heavy (non-hydrogen) atoms. The van der Waals surface area contributed by atoms with Crippen molar-refractivity contribution in [3.8, 4) is 0 Å². The zero-order valence-electron chi connectivity index (χ0n) is 8.40. The van der Waals surface area contributed by atoms with E-state index in [1.165, 1.54) is 0 Å². The Hall–Kier alpha value is -1.86. The molecule has 1 aromatic rings. The Kier molecular flexibility index (Phi) is 2.44. The highest BCUT2D eigenvalue weighted by Gasteiger charge is 2.36. The van der Waals surface area contributed by atoms with E-state index in [4.69, 9.17) is 0 Å². The van der Waals surface area contributed by atoms with Crippen molar-refractivity contribution in [1.82, 2.24) is 4.57 Å². The molecule has 92 valence electrons. The van der Waals surface area contributed by atoms with Crippen LogP contribution in [0.4, 0.5) is 18.9 Å². The molecule has 0 atom stereocenters. The van der Waals surface area contributed by atoms with Crippen LogP contribution in [0.3, 0.4) is 0 Å². The lowest BCUT2D eigenvalue weighted by molar-refractivity contribution is -0.386. The first kappa shape index (κ1) is 11.6. The van der Waals surface area contributed by atoms with Crippen molar-refractivity contribution in [3.05, 3.63) is 38.3 Å². The van der Waals surface area contributed by atoms with E-state index in [1.807, 2.05) is 0 Å². The maximum Gasteiger partial charge on any atom is 0.418 e. The average Bonchev–Trinajstić information content (AvgIpc) is 2.99. The average molecular weight is 248 g/mol. The number of rotatable bonds is 2. The summed E-state index contributed by atoms with van der Waals surface area (Å²) < 4.78 is 38.3. The molecule has 0 aromatic carbocycles. The quantitative estimate of drug-likeness (QED) is 0.594. The minimum Gasteiger partial charge on any atom is -0.306 e. The number of aromatic nitrogens is 1. The molecule has 0 unspecified atom stereocenters. The third kappa shape index (κ3) is 2.15. The highest BCUT2D eigenvalue weighted by molar-refractivity contribution is 5.33. The fourth-order valence-corrected chi connectivity index (χ4v) is 1.50. The summed E-state index contributed by atoms with van der Waals surface area (Å²) in [4.78, 5) is 21.0. The number of hydrogen-bond donors (Lipinski definition) is 0. The van der Waals surface area contributed by atoms with Crippen LogP contribution in [0.15, 0.2) is 17.1 Å². The number of alkyl halides is 3. The summed E-state index contributed by atoms with van der Waals surface area (Å²) in [5.74, 6) is 0. The first-order chi connectivity index (χ1) is 7.80. The topological polar surface area (TPSA) is 65.1 Å². The Morgan fingerprint density at radius 1 is 1.41 bits per heavy atom. The molecule has 1 aliphatic rings. The molecule has 1 saturated carbocycles. The summed E-state index contributed by atoms with van der Waals surface area (Å²) in [5.41, 5.74) is -3.19. The van der Waals surface area contributed by atoms with E-state index in [0.29, 0.717) is 19.0 Å². The normalized spacial score (nSPS) is 15.9. The van der Waals surface area contributed by atoms with E-state index in [1.54, 1.807) is 0 Å². The summed E-state index contributed by atoms with van der Waals surface area (Å²) in [6, 6.07) is -0.0650. The standard InChI is InChI=1S/C9H7F3N2O3/c10-9(11,12)5-3-7(14(16)17)8(15)13(4-5)6-1-2-6/h3-4,6H,1-2H2. The lowest BCUT2D eigenvalue weighted by Gasteiger charge is -2.09. The van der Waals surface area contributed by atoms with Gasteiger partial charge in [-0.2, -0.15) is 13.2 Å². The summed E-state index contributed by atoms with van der Waals surface area (Å²) in [5, 5.41) is 10.5. The van der Waals surface area contributed by atoms with Crippen molar-refractivity contribution in [2.75, 3.05) is 0 Å². The second-order valence-corrected chi connectivity index (χ2v) is 3.81. The van der Waals surface area contributed by atoms with E-state index in [2.05, 4.69) is 0 Å². The second kappa shape index (κ2) is 3.57. The van der Waals surface area contributed by atoms with Gasteiger partial charge in [0.2, 0.25) is 0 Å². The van der Waals surface area contributed by atoms with Crippen LogP contribution in [0.2, 0.25) is 0 Å². The van der Waals surface area contributed by atoms with Gasteiger partial charge in [0.1, 0.15) is 0 Å². The Morgan fingerprint density at radius 2 is 2.00 bits per heavy atom. The predicted molar refractivity (Wildman–Crippen MR) is 50.6 cm³/mol. The first-order valence-electron chi connectivity index (χ1n) is 4.78. The van der Waals surface area contributed by atoms with Crippen molar-refractivity contribution < 1.29 is 18.1 Å². The zero-order chi connectivity index (χ0) is 12.8. The van der Waals surface area contributed by atoms with Crippen LogP contribution in [0.25, 0.3) is 0 Å². The van der Waals surface area contributed by atoms with Crippen LogP contribution in [0.5, 0.6) is 0 Å². The third-order valence-corrected chi connectivity index (χ3v) is 2.49. The molecule has 0 aliphatic heterocycles. The van der Waals surface area contributed by atoms with Gasteiger partial charge in [-0.05, 0) is 12.8 Å². The number of nitro groups is 1. The van der Waals surface area contributed by atoms with E-state index in [-0.39, 0.29) is 12.1 Å². The van der Waals surface area contributed by atoms with Gasteiger partial charge >= 0.3 is 17.4 Å². The molecular weight excluding hydrogens is 241 g/mol. The van der Waals surface area contributed by atoms with Crippen LogP contribution in [-0.4, -0.2) is 9.49 Å². The predicted octanol–water partition coefficient (Wildman–Crippen LogP) is 2.11. The first-order valence-corrected chi connectivity index (χ1v) is 4.78.